The molecule has 1 aromatic carbocycles. The van der Waals surface area contributed by atoms with Gasteiger partial charge in [-0.3, -0.25) is 4.79 Å². The number of ether oxygens (including phenoxy) is 2. The highest BCUT2D eigenvalue weighted by Gasteiger charge is 2.34. The maximum absolute atomic E-state index is 12.5. The monoisotopic (exact) mass is 334 g/mol. The third-order valence-electron chi connectivity index (χ3n) is 3.48. The minimum absolute atomic E-state index is 0.233. The summed E-state index contributed by atoms with van der Waals surface area (Å²) in [4.78, 5) is 37.5. The Hall–Kier alpha value is -2.57. The lowest BCUT2D eigenvalue weighted by Gasteiger charge is -2.21. The quantitative estimate of drug-likeness (QED) is 0.856. The first-order valence-electron chi connectivity index (χ1n) is 7.70. The first kappa shape index (κ1) is 17.8. The molecule has 1 aliphatic heterocycles. The Morgan fingerprint density at radius 2 is 2.00 bits per heavy atom. The number of carbonyl (C=O) groups excluding carboxylic acids is 3. The van der Waals surface area contributed by atoms with Crippen molar-refractivity contribution in [3.63, 3.8) is 0 Å². The van der Waals surface area contributed by atoms with Gasteiger partial charge in [0.15, 0.2) is 0 Å². The molecule has 0 radical (unpaired) electrons. The molecule has 7 nitrogen and oxygen atoms in total. The van der Waals surface area contributed by atoms with E-state index in [0.717, 1.165) is 0 Å². The van der Waals surface area contributed by atoms with Crippen LogP contribution in [0, 0.1) is 0 Å². The summed E-state index contributed by atoms with van der Waals surface area (Å²) in [5.74, 6) is -0.699. The lowest BCUT2D eigenvalue weighted by molar-refractivity contribution is -0.118. The number of nitrogens with one attached hydrogen (secondary N) is 1. The highest BCUT2D eigenvalue weighted by atomic mass is 16.6. The fourth-order valence-corrected chi connectivity index (χ4v) is 2.44. The highest BCUT2D eigenvalue weighted by Crippen LogP contribution is 2.23. The summed E-state index contributed by atoms with van der Waals surface area (Å²) >= 11 is 0. The largest absolute Gasteiger partial charge is 0.465 e. The van der Waals surface area contributed by atoms with Crippen LogP contribution in [-0.4, -0.2) is 43.3 Å². The van der Waals surface area contributed by atoms with Gasteiger partial charge in [0.2, 0.25) is 5.91 Å². The third-order valence-corrected chi connectivity index (χ3v) is 3.48. The van der Waals surface area contributed by atoms with E-state index >= 15 is 0 Å². The number of rotatable bonds is 3. The van der Waals surface area contributed by atoms with E-state index in [9.17, 15) is 14.4 Å². The molecular formula is C17H22N2O5. The summed E-state index contributed by atoms with van der Waals surface area (Å²) in [5, 5.41) is 2.59. The van der Waals surface area contributed by atoms with Gasteiger partial charge in [-0.05, 0) is 45.4 Å². The molecule has 7 heteroatoms. The summed E-state index contributed by atoms with van der Waals surface area (Å²) in [7, 11) is 1.30. The normalized spacial score (nSPS) is 17.6. The zero-order valence-corrected chi connectivity index (χ0v) is 14.3. The van der Waals surface area contributed by atoms with Crippen molar-refractivity contribution < 1.29 is 23.9 Å². The van der Waals surface area contributed by atoms with E-state index in [0.29, 0.717) is 24.2 Å². The van der Waals surface area contributed by atoms with Crippen LogP contribution >= 0.6 is 0 Å². The van der Waals surface area contributed by atoms with E-state index in [1.165, 1.54) is 12.0 Å². The van der Waals surface area contributed by atoms with E-state index in [4.69, 9.17) is 4.74 Å². The molecule has 1 aliphatic rings. The lowest BCUT2D eigenvalue weighted by Crippen LogP contribution is -2.43. The molecule has 2 amide bonds. The summed E-state index contributed by atoms with van der Waals surface area (Å²) in [6, 6.07) is 6.00. The lowest BCUT2D eigenvalue weighted by atomic mass is 10.2. The van der Waals surface area contributed by atoms with Crippen LogP contribution < -0.4 is 10.2 Å². The Morgan fingerprint density at radius 3 is 2.62 bits per heavy atom. The number of benzene rings is 1. The molecule has 1 fully saturated rings. The predicted octanol–water partition coefficient (Wildman–Crippen LogP) is 2.10. The van der Waals surface area contributed by atoms with Crippen LogP contribution in [0.4, 0.5) is 10.5 Å². The standard InChI is InChI=1S/C17H22N2O5/c1-17(2,3)24-16(22)18-13-8-9-19(14(13)20)12-7-5-6-11(10-12)15(21)23-4/h5-7,10,13H,8-9H2,1-4H3,(H,18,22)/t13-/m0/s1. The van der Waals surface area contributed by atoms with Crippen LogP contribution in [0.2, 0.25) is 0 Å². The minimum atomic E-state index is -0.637. The van der Waals surface area contributed by atoms with Crippen LogP contribution in [0.15, 0.2) is 24.3 Å². The maximum Gasteiger partial charge on any atom is 0.408 e. The number of nitrogens with zero attached hydrogens (tertiary/aromatic N) is 1. The molecule has 0 aromatic heterocycles. The molecule has 1 saturated heterocycles. The second kappa shape index (κ2) is 6.90. The van der Waals surface area contributed by atoms with Crippen molar-refractivity contribution in [2.75, 3.05) is 18.6 Å². The summed E-state index contributed by atoms with van der Waals surface area (Å²) in [6.07, 6.45) is -0.147. The number of methoxy groups -OCH3 is 1. The molecule has 2 rings (SSSR count). The Balaban J connectivity index is 2.06. The van der Waals surface area contributed by atoms with E-state index < -0.39 is 23.7 Å². The number of hydrogen-bond donors (Lipinski definition) is 1. The Kier molecular flexibility index (Phi) is 5.11. The highest BCUT2D eigenvalue weighted by molar-refractivity contribution is 6.01. The van der Waals surface area contributed by atoms with E-state index in [-0.39, 0.29) is 5.91 Å². The molecule has 1 atom stereocenters. The Morgan fingerprint density at radius 1 is 1.29 bits per heavy atom. The van der Waals surface area contributed by atoms with Crippen molar-refractivity contribution in [3.05, 3.63) is 29.8 Å². The zero-order valence-electron chi connectivity index (χ0n) is 14.3. The van der Waals surface area contributed by atoms with Gasteiger partial charge in [0.25, 0.3) is 0 Å². The Bertz CT molecular complexity index is 651. The van der Waals surface area contributed by atoms with Gasteiger partial charge in [0.05, 0.1) is 12.7 Å². The van der Waals surface area contributed by atoms with Crippen molar-refractivity contribution in [2.45, 2.75) is 38.8 Å². The van der Waals surface area contributed by atoms with Crippen molar-refractivity contribution in [2.24, 2.45) is 0 Å². The number of anilines is 1. The van der Waals surface area contributed by atoms with Gasteiger partial charge in [-0.1, -0.05) is 6.07 Å². The molecule has 1 heterocycles. The average Bonchev–Trinajstić information content (AvgIpc) is 2.85. The number of alkyl carbamates (subject to hydrolysis) is 1. The smallest absolute Gasteiger partial charge is 0.408 e. The van der Waals surface area contributed by atoms with Crippen molar-refractivity contribution in [1.82, 2.24) is 5.32 Å². The average molecular weight is 334 g/mol. The number of amides is 2. The molecule has 24 heavy (non-hydrogen) atoms. The minimum Gasteiger partial charge on any atom is -0.465 e. The molecule has 130 valence electrons. The van der Waals surface area contributed by atoms with E-state index in [2.05, 4.69) is 10.1 Å². The fourth-order valence-electron chi connectivity index (χ4n) is 2.44. The number of carbonyl (C=O) groups is 3. The van der Waals surface area contributed by atoms with Gasteiger partial charge in [0, 0.05) is 12.2 Å². The summed E-state index contributed by atoms with van der Waals surface area (Å²) in [6.45, 7) is 5.72. The second-order valence-corrected chi connectivity index (χ2v) is 6.52. The topological polar surface area (TPSA) is 84.9 Å². The Labute approximate surface area is 140 Å². The van der Waals surface area contributed by atoms with Crippen molar-refractivity contribution in [1.29, 1.82) is 0 Å². The van der Waals surface area contributed by atoms with E-state index in [1.54, 1.807) is 45.0 Å². The molecule has 0 saturated carbocycles. The van der Waals surface area contributed by atoms with E-state index in [1.807, 2.05) is 0 Å². The molecule has 0 aliphatic carbocycles. The molecular weight excluding hydrogens is 312 g/mol. The number of hydrogen-bond acceptors (Lipinski definition) is 5. The second-order valence-electron chi connectivity index (χ2n) is 6.52. The van der Waals surface area contributed by atoms with Gasteiger partial charge < -0.3 is 19.7 Å². The van der Waals surface area contributed by atoms with Crippen LogP contribution in [0.25, 0.3) is 0 Å². The van der Waals surface area contributed by atoms with Gasteiger partial charge in [0.1, 0.15) is 11.6 Å². The van der Waals surface area contributed by atoms with Crippen LogP contribution in [0.1, 0.15) is 37.6 Å². The van der Waals surface area contributed by atoms with Crippen molar-refractivity contribution >= 4 is 23.7 Å². The number of esters is 1. The van der Waals surface area contributed by atoms with Crippen molar-refractivity contribution in [3.8, 4) is 0 Å². The zero-order chi connectivity index (χ0) is 17.9. The first-order valence-corrected chi connectivity index (χ1v) is 7.70. The molecule has 0 bridgehead atoms. The SMILES string of the molecule is COC(=O)c1cccc(N2CC[C@H](NC(=O)OC(C)(C)C)C2=O)c1. The van der Waals surface area contributed by atoms with Gasteiger partial charge in [-0.25, -0.2) is 9.59 Å². The van der Waals surface area contributed by atoms with Gasteiger partial charge >= 0.3 is 12.1 Å². The molecule has 1 N–H and O–H groups in total. The van der Waals surface area contributed by atoms with Crippen LogP contribution in [0.5, 0.6) is 0 Å². The first-order chi connectivity index (χ1) is 11.2. The fraction of sp³-hybridized carbons (Fsp3) is 0.471. The molecule has 0 unspecified atom stereocenters. The van der Waals surface area contributed by atoms with Gasteiger partial charge in [-0.2, -0.15) is 0 Å². The summed E-state index contributed by atoms with van der Waals surface area (Å²) in [5.41, 5.74) is 0.336. The van der Waals surface area contributed by atoms with Gasteiger partial charge in [-0.15, -0.1) is 0 Å². The van der Waals surface area contributed by atoms with Crippen LogP contribution in [0.3, 0.4) is 0 Å². The molecule has 1 aromatic rings. The summed E-state index contributed by atoms with van der Waals surface area (Å²) < 4.78 is 9.86. The predicted molar refractivity (Wildman–Crippen MR) is 87.9 cm³/mol. The third kappa shape index (κ3) is 4.24. The maximum atomic E-state index is 12.5. The molecule has 0 spiro atoms. The van der Waals surface area contributed by atoms with Crippen LogP contribution in [-0.2, 0) is 14.3 Å².